The van der Waals surface area contributed by atoms with Gasteiger partial charge in [0.1, 0.15) is 11.4 Å². The zero-order valence-electron chi connectivity index (χ0n) is 27.9. The van der Waals surface area contributed by atoms with Crippen LogP contribution in [0.15, 0.2) is 18.5 Å². The fourth-order valence-corrected chi connectivity index (χ4v) is 7.42. The number of piperazine rings is 1. The summed E-state index contributed by atoms with van der Waals surface area (Å²) in [6.07, 6.45) is -1.48. The molecule has 2 aliphatic heterocycles. The lowest BCUT2D eigenvalue weighted by molar-refractivity contribution is -0.183. The second kappa shape index (κ2) is 13.6. The van der Waals surface area contributed by atoms with E-state index in [1.807, 2.05) is 0 Å². The number of hydrazine groups is 1. The molecule has 4 aliphatic rings. The minimum atomic E-state index is -4.45. The summed E-state index contributed by atoms with van der Waals surface area (Å²) in [5, 5.41) is 11.3. The van der Waals surface area contributed by atoms with Crippen LogP contribution in [0.3, 0.4) is 0 Å². The average Bonchev–Trinajstić information content (AvgIpc) is 3.82. The lowest BCUT2D eigenvalue weighted by Crippen LogP contribution is -2.53. The molecule has 2 amide bonds. The van der Waals surface area contributed by atoms with Crippen LogP contribution in [0.1, 0.15) is 69.3 Å². The highest BCUT2D eigenvalue weighted by Gasteiger charge is 2.46. The number of carbonyl (C=O) groups excluding carboxylic acids is 2. The molecule has 0 spiro atoms. The first-order valence-corrected chi connectivity index (χ1v) is 17.1. The van der Waals surface area contributed by atoms with Gasteiger partial charge in [-0.15, -0.1) is 0 Å². The van der Waals surface area contributed by atoms with Gasteiger partial charge >= 0.3 is 6.18 Å². The summed E-state index contributed by atoms with van der Waals surface area (Å²) in [4.78, 5) is 40.1. The fraction of sp³-hybridized carbons (Fsp3) is 0.719. The monoisotopic (exact) mass is 696 g/mol. The maximum Gasteiger partial charge on any atom is 0.393 e. The molecule has 0 radical (unpaired) electrons. The molecule has 4 atom stereocenters. The number of anilines is 1. The van der Waals surface area contributed by atoms with Gasteiger partial charge in [0.25, 0.3) is 11.7 Å². The summed E-state index contributed by atoms with van der Waals surface area (Å²) < 4.78 is 70.9. The maximum absolute atomic E-state index is 14.2. The summed E-state index contributed by atoms with van der Waals surface area (Å²) in [5.41, 5.74) is 0.717. The Morgan fingerprint density at radius 3 is 2.57 bits per heavy atom. The van der Waals surface area contributed by atoms with Crippen molar-refractivity contribution in [2.24, 2.45) is 29.5 Å². The van der Waals surface area contributed by atoms with Crippen molar-refractivity contribution >= 4 is 23.4 Å². The number of hydrogen-bond donors (Lipinski definition) is 3. The summed E-state index contributed by atoms with van der Waals surface area (Å²) in [5.74, 6) is 0.236. The summed E-state index contributed by atoms with van der Waals surface area (Å²) >= 11 is 0. The molecule has 0 bridgehead atoms. The minimum Gasteiger partial charge on any atom is -0.355 e. The molecule has 0 aromatic carbocycles. The zero-order valence-corrected chi connectivity index (χ0v) is 27.9. The third kappa shape index (κ3) is 7.76. The highest BCUT2D eigenvalue weighted by molar-refractivity contribution is 5.92. The van der Waals surface area contributed by atoms with Crippen molar-refractivity contribution in [3.8, 4) is 0 Å². The quantitative estimate of drug-likeness (QED) is 0.148. The highest BCUT2D eigenvalue weighted by Crippen LogP contribution is 2.42. The zero-order chi connectivity index (χ0) is 35.2. The number of halogens is 5. The van der Waals surface area contributed by atoms with Gasteiger partial charge in [-0.2, -0.15) is 23.3 Å². The third-order valence-electron chi connectivity index (χ3n) is 10.7. The predicted octanol–water partition coefficient (Wildman–Crippen LogP) is 3.20. The molecule has 2 saturated heterocycles. The first-order valence-electron chi connectivity index (χ1n) is 17.1. The number of hydrogen-bond acceptors (Lipinski definition) is 9. The SMILES string of the molecule is C=C(C(=O)NC(c1cn2nc(CC3CC(C(F)(F)F)CNC3=O)c(N3CCN(C)C(C4CC4)C3)nc2n1)C1CCC(F)(F)CC1)N(N)CC. The van der Waals surface area contributed by atoms with E-state index in [1.165, 1.54) is 9.52 Å². The third-order valence-corrected chi connectivity index (χ3v) is 10.7. The lowest BCUT2D eigenvalue weighted by atomic mass is 9.81. The van der Waals surface area contributed by atoms with Crippen molar-refractivity contribution in [1.82, 2.24) is 40.1 Å². The number of piperidine rings is 1. The Hall–Kier alpha value is -3.60. The molecule has 2 aliphatic carbocycles. The molecule has 12 nitrogen and oxygen atoms in total. The van der Waals surface area contributed by atoms with E-state index >= 15 is 0 Å². The lowest BCUT2D eigenvalue weighted by Gasteiger charge is -2.41. The van der Waals surface area contributed by atoms with Gasteiger partial charge in [0, 0.05) is 63.9 Å². The van der Waals surface area contributed by atoms with Gasteiger partial charge < -0.3 is 20.5 Å². The molecule has 4 fully saturated rings. The second-order valence-corrected chi connectivity index (χ2v) is 14.1. The van der Waals surface area contributed by atoms with Crippen LogP contribution in [0.4, 0.5) is 27.8 Å². The van der Waals surface area contributed by atoms with Crippen molar-refractivity contribution in [2.75, 3.05) is 44.7 Å². The number of likely N-dealkylation sites (N-methyl/N-ethyl adjacent to an activating group) is 2. The number of amides is 2. The molecule has 17 heteroatoms. The number of fused-ring (bicyclic) bond motifs is 1. The maximum atomic E-state index is 14.2. The van der Waals surface area contributed by atoms with Crippen LogP contribution in [0.25, 0.3) is 5.78 Å². The number of nitrogens with zero attached hydrogens (tertiary/aromatic N) is 7. The molecule has 4 unspecified atom stereocenters. The minimum absolute atomic E-state index is 0.00132. The molecule has 4 heterocycles. The Morgan fingerprint density at radius 2 is 1.92 bits per heavy atom. The van der Waals surface area contributed by atoms with Crippen LogP contribution in [0, 0.1) is 23.7 Å². The fourth-order valence-electron chi connectivity index (χ4n) is 7.42. The first-order chi connectivity index (χ1) is 23.1. The number of imidazole rings is 1. The standard InChI is InChI=1S/C32H45F5N10O2/c1-4-46(38)18(2)28(48)41-26(20-7-9-31(33,34)10-8-20)24-16-47-30(40-24)42-27(45-12-11-44(3)25(17-45)19-5-6-19)23(43-47)14-21-13-22(32(35,36)37)15-39-29(21)49/h16,19-22,25-26H,2,4-15,17,38H2,1,3H3,(H,39,49)(H,41,48). The van der Waals surface area contributed by atoms with Crippen molar-refractivity contribution in [2.45, 2.75) is 82.5 Å². The Labute approximate surface area is 281 Å². The summed E-state index contributed by atoms with van der Waals surface area (Å²) in [7, 11) is 2.08. The number of nitrogens with two attached hydrogens (primary N) is 1. The highest BCUT2D eigenvalue weighted by atomic mass is 19.4. The van der Waals surface area contributed by atoms with E-state index in [9.17, 15) is 31.5 Å². The van der Waals surface area contributed by atoms with Crippen molar-refractivity contribution in [3.63, 3.8) is 0 Å². The normalized spacial score (nSPS) is 26.0. The number of carbonyl (C=O) groups is 2. The second-order valence-electron chi connectivity index (χ2n) is 14.1. The molecule has 2 aromatic rings. The molecule has 2 aromatic heterocycles. The van der Waals surface area contributed by atoms with Gasteiger partial charge in [-0.1, -0.05) is 6.58 Å². The topological polar surface area (TPSA) is 137 Å². The number of nitrogens with one attached hydrogen (secondary N) is 2. The van der Waals surface area contributed by atoms with Gasteiger partial charge in [0.2, 0.25) is 11.8 Å². The summed E-state index contributed by atoms with van der Waals surface area (Å²) in [6, 6.07) is -0.523. The number of rotatable bonds is 10. The van der Waals surface area contributed by atoms with Crippen LogP contribution in [-0.4, -0.2) is 99.2 Å². The van der Waals surface area contributed by atoms with Crippen molar-refractivity contribution < 1.29 is 31.5 Å². The van der Waals surface area contributed by atoms with Crippen molar-refractivity contribution in [1.29, 1.82) is 0 Å². The average molecular weight is 697 g/mol. The summed E-state index contributed by atoms with van der Waals surface area (Å²) in [6.45, 7) is 7.36. The van der Waals surface area contributed by atoms with Crippen LogP contribution >= 0.6 is 0 Å². The van der Waals surface area contributed by atoms with Gasteiger partial charge in [-0.25, -0.2) is 24.1 Å². The molecular formula is C32H45F5N10O2. The van der Waals surface area contributed by atoms with E-state index in [0.717, 1.165) is 19.4 Å². The number of alkyl halides is 5. The Morgan fingerprint density at radius 1 is 1.20 bits per heavy atom. The molecule has 6 rings (SSSR count). The van der Waals surface area contributed by atoms with Crippen LogP contribution in [0.5, 0.6) is 0 Å². The van der Waals surface area contributed by atoms with Gasteiger partial charge in [-0.05, 0) is 57.9 Å². The van der Waals surface area contributed by atoms with E-state index in [-0.39, 0.29) is 62.0 Å². The molecule has 49 heavy (non-hydrogen) atoms. The predicted molar refractivity (Wildman–Crippen MR) is 170 cm³/mol. The number of aromatic nitrogens is 4. The van der Waals surface area contributed by atoms with E-state index in [4.69, 9.17) is 20.9 Å². The molecular weight excluding hydrogens is 651 g/mol. The van der Waals surface area contributed by atoms with E-state index in [2.05, 4.69) is 34.1 Å². The Kier molecular flexibility index (Phi) is 9.78. The van der Waals surface area contributed by atoms with E-state index < -0.39 is 48.3 Å². The van der Waals surface area contributed by atoms with Crippen LogP contribution in [-0.2, 0) is 16.0 Å². The molecule has 2 saturated carbocycles. The van der Waals surface area contributed by atoms with E-state index in [1.54, 1.807) is 13.1 Å². The smallest absolute Gasteiger partial charge is 0.355 e. The van der Waals surface area contributed by atoms with E-state index in [0.29, 0.717) is 42.8 Å². The molecule has 270 valence electrons. The van der Waals surface area contributed by atoms with Gasteiger partial charge in [0.05, 0.1) is 23.9 Å². The van der Waals surface area contributed by atoms with Crippen LogP contribution < -0.4 is 21.4 Å². The largest absolute Gasteiger partial charge is 0.393 e. The molecule has 4 N–H and O–H groups in total. The van der Waals surface area contributed by atoms with Gasteiger partial charge in [0.15, 0.2) is 5.82 Å². The van der Waals surface area contributed by atoms with Crippen molar-refractivity contribution in [3.05, 3.63) is 29.9 Å². The Balaban J connectivity index is 1.37. The van der Waals surface area contributed by atoms with Crippen LogP contribution in [0.2, 0.25) is 0 Å². The van der Waals surface area contributed by atoms with Gasteiger partial charge in [-0.3, -0.25) is 14.5 Å². The Bertz CT molecular complexity index is 1550. The first kappa shape index (κ1) is 35.2.